The molecule has 0 saturated heterocycles. The van der Waals surface area contributed by atoms with E-state index < -0.39 is 11.9 Å². The highest BCUT2D eigenvalue weighted by atomic mass is 19.3. The largest absolute Gasteiger partial charge is 0.478 e. The first-order chi connectivity index (χ1) is 8.22. The van der Waals surface area contributed by atoms with Gasteiger partial charge in [0.2, 0.25) is 0 Å². The summed E-state index contributed by atoms with van der Waals surface area (Å²) in [6, 6.07) is 0. The van der Waals surface area contributed by atoms with Gasteiger partial charge in [-0.2, -0.15) is 8.78 Å². The Morgan fingerprint density at radius 1 is 1.28 bits per heavy atom. The number of halogens is 2. The van der Waals surface area contributed by atoms with Crippen LogP contribution in [-0.2, 0) is 5.92 Å². The Kier molecular flexibility index (Phi) is 4.04. The molecule has 1 aromatic heterocycles. The Balaban J connectivity index is 3.47. The minimum absolute atomic E-state index is 0.0172. The second kappa shape index (κ2) is 5.00. The third-order valence-electron chi connectivity index (χ3n) is 3.06. The number of carbonyl (C=O) groups is 1. The molecule has 0 atom stereocenters. The van der Waals surface area contributed by atoms with Gasteiger partial charge in [0, 0.05) is 6.42 Å². The highest BCUT2D eigenvalue weighted by Crippen LogP contribution is 2.35. The molecule has 0 aromatic carbocycles. The van der Waals surface area contributed by atoms with Gasteiger partial charge in [0.15, 0.2) is 0 Å². The van der Waals surface area contributed by atoms with Gasteiger partial charge in [0.1, 0.15) is 5.69 Å². The van der Waals surface area contributed by atoms with Crippen LogP contribution >= 0.6 is 0 Å². The van der Waals surface area contributed by atoms with Crippen LogP contribution in [0.2, 0.25) is 0 Å². The maximum atomic E-state index is 13.9. The Morgan fingerprint density at radius 3 is 2.28 bits per heavy atom. The van der Waals surface area contributed by atoms with E-state index in [1.54, 1.807) is 13.8 Å². The van der Waals surface area contributed by atoms with Crippen molar-refractivity contribution in [2.45, 2.75) is 46.5 Å². The third-order valence-corrected chi connectivity index (χ3v) is 3.06. The lowest BCUT2D eigenvalue weighted by atomic mass is 9.96. The summed E-state index contributed by atoms with van der Waals surface area (Å²) in [6.45, 7) is 6.15. The Labute approximate surface area is 105 Å². The molecule has 0 bridgehead atoms. The topological polar surface area (TPSA) is 50.2 Å². The monoisotopic (exact) mass is 257 g/mol. The molecule has 0 unspecified atom stereocenters. The molecule has 5 heteroatoms. The van der Waals surface area contributed by atoms with Crippen molar-refractivity contribution in [1.29, 1.82) is 0 Å². The molecule has 18 heavy (non-hydrogen) atoms. The number of aryl methyl sites for hydroxylation is 1. The van der Waals surface area contributed by atoms with Crippen LogP contribution in [0.5, 0.6) is 0 Å². The molecule has 0 aliphatic carbocycles. The lowest BCUT2D eigenvalue weighted by Gasteiger charge is -2.20. The number of carboxylic acids is 1. The highest BCUT2D eigenvalue weighted by molar-refractivity contribution is 5.91. The van der Waals surface area contributed by atoms with E-state index in [1.807, 2.05) is 0 Å². The number of rotatable bonds is 4. The SMILES string of the molecule is CCCC(F)(F)c1nc(C)c(C(=O)O)c(C)c1C. The zero-order valence-electron chi connectivity index (χ0n) is 11.0. The number of hydrogen-bond donors (Lipinski definition) is 1. The lowest BCUT2D eigenvalue weighted by Crippen LogP contribution is -2.20. The van der Waals surface area contributed by atoms with Crippen LogP contribution < -0.4 is 0 Å². The van der Waals surface area contributed by atoms with Crippen molar-refractivity contribution in [3.63, 3.8) is 0 Å². The van der Waals surface area contributed by atoms with Crippen LogP contribution in [0.25, 0.3) is 0 Å². The summed E-state index contributed by atoms with van der Waals surface area (Å²) in [5.41, 5.74) is 0.474. The summed E-state index contributed by atoms with van der Waals surface area (Å²) < 4.78 is 27.8. The van der Waals surface area contributed by atoms with Crippen LogP contribution in [0.3, 0.4) is 0 Å². The molecule has 0 aliphatic rings. The number of carboxylic acid groups (broad SMARTS) is 1. The van der Waals surface area contributed by atoms with Crippen LogP contribution in [-0.4, -0.2) is 16.1 Å². The maximum absolute atomic E-state index is 13.9. The minimum Gasteiger partial charge on any atom is -0.478 e. The zero-order chi connectivity index (χ0) is 14.1. The molecule has 0 saturated carbocycles. The van der Waals surface area contributed by atoms with Gasteiger partial charge >= 0.3 is 5.97 Å². The molecular weight excluding hydrogens is 240 g/mol. The van der Waals surface area contributed by atoms with Crippen molar-refractivity contribution in [2.24, 2.45) is 0 Å². The van der Waals surface area contributed by atoms with Gasteiger partial charge in [-0.25, -0.2) is 4.79 Å². The van der Waals surface area contributed by atoms with Gasteiger partial charge < -0.3 is 5.11 Å². The Bertz CT molecular complexity index is 484. The van der Waals surface area contributed by atoms with Gasteiger partial charge in [-0.3, -0.25) is 4.98 Å². The molecule has 0 aliphatic heterocycles. The van der Waals surface area contributed by atoms with Crippen LogP contribution in [0.15, 0.2) is 0 Å². The normalized spacial score (nSPS) is 11.7. The molecule has 100 valence electrons. The molecule has 0 radical (unpaired) electrons. The van der Waals surface area contributed by atoms with Gasteiger partial charge in [0.25, 0.3) is 5.92 Å². The number of hydrogen-bond acceptors (Lipinski definition) is 2. The molecule has 1 aromatic rings. The summed E-state index contributed by atoms with van der Waals surface area (Å²) in [4.78, 5) is 14.9. The number of aromatic carboxylic acids is 1. The third kappa shape index (κ3) is 2.49. The molecule has 1 rings (SSSR count). The molecule has 0 spiro atoms. The van der Waals surface area contributed by atoms with Crippen molar-refractivity contribution >= 4 is 5.97 Å². The number of alkyl halides is 2. The van der Waals surface area contributed by atoms with Crippen LogP contribution in [0, 0.1) is 20.8 Å². The van der Waals surface area contributed by atoms with Gasteiger partial charge in [0.05, 0.1) is 11.3 Å². The fourth-order valence-corrected chi connectivity index (χ4v) is 2.05. The first kappa shape index (κ1) is 14.5. The molecule has 1 heterocycles. The Morgan fingerprint density at radius 2 is 1.83 bits per heavy atom. The van der Waals surface area contributed by atoms with E-state index in [1.165, 1.54) is 13.8 Å². The van der Waals surface area contributed by atoms with Crippen molar-refractivity contribution in [1.82, 2.24) is 4.98 Å². The average molecular weight is 257 g/mol. The number of aromatic nitrogens is 1. The quantitative estimate of drug-likeness (QED) is 0.896. The van der Waals surface area contributed by atoms with E-state index in [0.717, 1.165) is 0 Å². The number of pyridine rings is 1. The fraction of sp³-hybridized carbons (Fsp3) is 0.538. The highest BCUT2D eigenvalue weighted by Gasteiger charge is 2.35. The average Bonchev–Trinajstić information content (AvgIpc) is 2.22. The van der Waals surface area contributed by atoms with E-state index in [-0.39, 0.29) is 28.9 Å². The van der Waals surface area contributed by atoms with Crippen molar-refractivity contribution in [3.8, 4) is 0 Å². The second-order valence-corrected chi connectivity index (χ2v) is 4.43. The fourth-order valence-electron chi connectivity index (χ4n) is 2.05. The van der Waals surface area contributed by atoms with Crippen molar-refractivity contribution in [2.75, 3.05) is 0 Å². The molecular formula is C13H17F2NO2. The smallest absolute Gasteiger partial charge is 0.337 e. The first-order valence-electron chi connectivity index (χ1n) is 5.81. The summed E-state index contributed by atoms with van der Waals surface area (Å²) in [5.74, 6) is -4.14. The van der Waals surface area contributed by atoms with Crippen LogP contribution in [0.4, 0.5) is 8.78 Å². The lowest BCUT2D eigenvalue weighted by molar-refractivity contribution is -0.0193. The predicted molar refractivity (Wildman–Crippen MR) is 64.2 cm³/mol. The predicted octanol–water partition coefficient (Wildman–Crippen LogP) is 3.60. The van der Waals surface area contributed by atoms with Gasteiger partial charge in [-0.1, -0.05) is 13.3 Å². The van der Waals surface area contributed by atoms with E-state index >= 15 is 0 Å². The van der Waals surface area contributed by atoms with Crippen LogP contribution in [0.1, 0.15) is 52.6 Å². The maximum Gasteiger partial charge on any atom is 0.337 e. The van der Waals surface area contributed by atoms with E-state index in [0.29, 0.717) is 12.0 Å². The zero-order valence-corrected chi connectivity index (χ0v) is 11.0. The molecule has 3 nitrogen and oxygen atoms in total. The molecule has 0 amide bonds. The second-order valence-electron chi connectivity index (χ2n) is 4.43. The molecule has 1 N–H and O–H groups in total. The minimum atomic E-state index is -3.01. The van der Waals surface area contributed by atoms with Crippen molar-refractivity contribution in [3.05, 3.63) is 28.1 Å². The molecule has 0 fully saturated rings. The number of nitrogens with zero attached hydrogens (tertiary/aromatic N) is 1. The van der Waals surface area contributed by atoms with Gasteiger partial charge in [-0.05, 0) is 31.9 Å². The standard InChI is InChI=1S/C13H17F2NO2/c1-5-6-13(14,15)11-8(3)7(2)10(12(17)18)9(4)16-11/h5-6H2,1-4H3,(H,17,18). The van der Waals surface area contributed by atoms with E-state index in [4.69, 9.17) is 5.11 Å². The summed E-state index contributed by atoms with van der Waals surface area (Å²) in [6.07, 6.45) is 0.0546. The summed E-state index contributed by atoms with van der Waals surface area (Å²) in [5, 5.41) is 9.04. The van der Waals surface area contributed by atoms with Gasteiger partial charge in [-0.15, -0.1) is 0 Å². The summed E-state index contributed by atoms with van der Waals surface area (Å²) >= 11 is 0. The Hall–Kier alpha value is -1.52. The summed E-state index contributed by atoms with van der Waals surface area (Å²) in [7, 11) is 0. The van der Waals surface area contributed by atoms with E-state index in [9.17, 15) is 13.6 Å². The first-order valence-corrected chi connectivity index (χ1v) is 5.81. The van der Waals surface area contributed by atoms with Crippen molar-refractivity contribution < 1.29 is 18.7 Å². The van der Waals surface area contributed by atoms with E-state index in [2.05, 4.69) is 4.98 Å².